The molecule has 130 valence electrons. The number of carbonyl (C=O) groups is 1. The van der Waals surface area contributed by atoms with Crippen molar-refractivity contribution in [3.05, 3.63) is 85.3 Å². The van der Waals surface area contributed by atoms with Crippen LogP contribution in [0.2, 0.25) is 0 Å². The maximum Gasteiger partial charge on any atom is 0.271 e. The average Bonchev–Trinajstić information content (AvgIpc) is 3.17. The molecule has 3 aromatic rings. The first kappa shape index (κ1) is 17.6. The van der Waals surface area contributed by atoms with E-state index in [4.69, 9.17) is 0 Å². The molecule has 1 N–H and O–H groups in total. The molecule has 0 aliphatic carbocycles. The lowest BCUT2D eigenvalue weighted by atomic mass is 10.0. The highest BCUT2D eigenvalue weighted by Crippen LogP contribution is 2.26. The molecule has 0 unspecified atom stereocenters. The van der Waals surface area contributed by atoms with Crippen LogP contribution in [0, 0.1) is 18.3 Å². The van der Waals surface area contributed by atoms with Gasteiger partial charge in [0.1, 0.15) is 11.6 Å². The summed E-state index contributed by atoms with van der Waals surface area (Å²) >= 11 is 1.25. The van der Waals surface area contributed by atoms with Crippen molar-refractivity contribution < 1.29 is 9.90 Å². The van der Waals surface area contributed by atoms with E-state index in [0.717, 1.165) is 10.1 Å². The van der Waals surface area contributed by atoms with E-state index in [2.05, 4.69) is 0 Å². The topological polar surface area (TPSA) is 83.1 Å². The number of aromatic nitrogens is 1. The van der Waals surface area contributed by atoms with E-state index >= 15 is 0 Å². The van der Waals surface area contributed by atoms with Crippen LogP contribution in [0.4, 0.5) is 0 Å². The van der Waals surface area contributed by atoms with Crippen molar-refractivity contribution >= 4 is 17.1 Å². The lowest BCUT2D eigenvalue weighted by Crippen LogP contribution is -2.27. The van der Waals surface area contributed by atoms with Gasteiger partial charge < -0.3 is 5.11 Å². The summed E-state index contributed by atoms with van der Waals surface area (Å²) in [6.07, 6.45) is 0.495. The number of nitrogens with zero attached hydrogens (tertiary/aromatic N) is 2. The van der Waals surface area contributed by atoms with Crippen LogP contribution in [0.15, 0.2) is 52.6 Å². The first-order chi connectivity index (χ1) is 12.5. The van der Waals surface area contributed by atoms with Crippen molar-refractivity contribution in [2.45, 2.75) is 19.9 Å². The van der Waals surface area contributed by atoms with Crippen LogP contribution >= 0.6 is 11.3 Å². The minimum Gasteiger partial charge on any atom is -0.494 e. The van der Waals surface area contributed by atoms with E-state index < -0.39 is 5.56 Å². The van der Waals surface area contributed by atoms with Crippen LogP contribution in [0.25, 0.3) is 0 Å². The van der Waals surface area contributed by atoms with E-state index in [1.54, 1.807) is 17.5 Å². The molecule has 0 bridgehead atoms. The first-order valence-corrected chi connectivity index (χ1v) is 8.91. The SMILES string of the molecule is Cc1c(C(=O)c2cccs2)c(O)n(CCc2ccccc2)c(=O)c1C#N. The molecule has 0 aliphatic heterocycles. The minimum absolute atomic E-state index is 0.0108. The van der Waals surface area contributed by atoms with E-state index in [1.165, 1.54) is 18.3 Å². The Morgan fingerprint density at radius 2 is 1.96 bits per heavy atom. The van der Waals surface area contributed by atoms with Crippen molar-refractivity contribution in [3.8, 4) is 11.9 Å². The van der Waals surface area contributed by atoms with Gasteiger partial charge in [0.05, 0.1) is 10.4 Å². The van der Waals surface area contributed by atoms with E-state index in [9.17, 15) is 20.0 Å². The highest BCUT2D eigenvalue weighted by Gasteiger charge is 2.25. The smallest absolute Gasteiger partial charge is 0.271 e. The zero-order valence-electron chi connectivity index (χ0n) is 14.1. The number of aryl methyl sites for hydroxylation is 1. The highest BCUT2D eigenvalue weighted by molar-refractivity contribution is 7.12. The monoisotopic (exact) mass is 364 g/mol. The minimum atomic E-state index is -0.582. The van der Waals surface area contributed by atoms with Gasteiger partial charge in [-0.15, -0.1) is 11.3 Å². The van der Waals surface area contributed by atoms with Gasteiger partial charge in [0.25, 0.3) is 5.56 Å². The molecular formula is C20H16N2O3S. The zero-order valence-corrected chi connectivity index (χ0v) is 14.9. The third kappa shape index (κ3) is 3.17. The quantitative estimate of drug-likeness (QED) is 0.704. The second-order valence-electron chi connectivity index (χ2n) is 5.81. The summed E-state index contributed by atoms with van der Waals surface area (Å²) in [5, 5.41) is 21.8. The van der Waals surface area contributed by atoms with Gasteiger partial charge in [0.2, 0.25) is 11.7 Å². The second kappa shape index (κ2) is 7.38. The molecule has 1 aromatic carbocycles. The number of hydrogen-bond acceptors (Lipinski definition) is 5. The van der Waals surface area contributed by atoms with Crippen molar-refractivity contribution in [2.75, 3.05) is 0 Å². The number of ketones is 1. The van der Waals surface area contributed by atoms with Gasteiger partial charge in [-0.3, -0.25) is 14.2 Å². The van der Waals surface area contributed by atoms with Crippen LogP contribution in [0.3, 0.4) is 0 Å². The van der Waals surface area contributed by atoms with Gasteiger partial charge in [0.15, 0.2) is 0 Å². The fourth-order valence-corrected chi connectivity index (χ4v) is 3.52. The summed E-state index contributed by atoms with van der Waals surface area (Å²) in [7, 11) is 0. The molecule has 0 saturated heterocycles. The standard InChI is InChI=1S/C20H16N2O3S/c1-13-15(12-21)19(24)22(10-9-14-6-3-2-4-7-14)20(25)17(13)18(23)16-8-5-11-26-16/h2-8,11,25H,9-10H2,1H3. The summed E-state index contributed by atoms with van der Waals surface area (Å²) in [6, 6.07) is 14.8. The predicted octanol–water partition coefficient (Wildman–Crippen LogP) is 3.27. The van der Waals surface area contributed by atoms with Crippen molar-refractivity contribution in [1.29, 1.82) is 5.26 Å². The third-order valence-corrected chi connectivity index (χ3v) is 5.11. The summed E-state index contributed by atoms with van der Waals surface area (Å²) in [6.45, 7) is 1.69. The predicted molar refractivity (Wildman–Crippen MR) is 99.7 cm³/mol. The lowest BCUT2D eigenvalue weighted by molar-refractivity contribution is 0.103. The summed E-state index contributed by atoms with van der Waals surface area (Å²) in [4.78, 5) is 25.8. The molecule has 5 nitrogen and oxygen atoms in total. The highest BCUT2D eigenvalue weighted by atomic mass is 32.1. The molecule has 0 aliphatic rings. The second-order valence-corrected chi connectivity index (χ2v) is 6.76. The number of pyridine rings is 1. The van der Waals surface area contributed by atoms with E-state index in [1.807, 2.05) is 36.4 Å². The molecule has 0 radical (unpaired) electrons. The molecule has 26 heavy (non-hydrogen) atoms. The fraction of sp³-hybridized carbons (Fsp3) is 0.150. The first-order valence-electron chi connectivity index (χ1n) is 8.03. The summed E-state index contributed by atoms with van der Waals surface area (Å²) in [5.41, 5.74) is 0.516. The van der Waals surface area contributed by atoms with Gasteiger partial charge in [0, 0.05) is 6.54 Å². The van der Waals surface area contributed by atoms with E-state index in [-0.39, 0.29) is 34.9 Å². The number of benzene rings is 1. The molecule has 0 fully saturated rings. The van der Waals surface area contributed by atoms with Crippen molar-refractivity contribution in [2.24, 2.45) is 0 Å². The molecule has 2 aromatic heterocycles. The van der Waals surface area contributed by atoms with Gasteiger partial charge in [-0.05, 0) is 35.9 Å². The summed E-state index contributed by atoms with van der Waals surface area (Å²) in [5.74, 6) is -0.777. The normalized spacial score (nSPS) is 10.5. The van der Waals surface area contributed by atoms with Crippen LogP contribution in [-0.4, -0.2) is 15.5 Å². The Morgan fingerprint density at radius 3 is 2.58 bits per heavy atom. The number of carbonyl (C=O) groups excluding carboxylic acids is 1. The molecule has 6 heteroatoms. The number of aromatic hydroxyl groups is 1. The van der Waals surface area contributed by atoms with Crippen molar-refractivity contribution in [3.63, 3.8) is 0 Å². The largest absolute Gasteiger partial charge is 0.494 e. The maximum atomic E-state index is 12.8. The molecule has 0 amide bonds. The van der Waals surface area contributed by atoms with Gasteiger partial charge >= 0.3 is 0 Å². The van der Waals surface area contributed by atoms with Crippen molar-refractivity contribution in [1.82, 2.24) is 4.57 Å². The zero-order chi connectivity index (χ0) is 18.7. The van der Waals surface area contributed by atoms with E-state index in [0.29, 0.717) is 11.3 Å². The van der Waals surface area contributed by atoms with Gasteiger partial charge in [-0.25, -0.2) is 0 Å². The number of thiophene rings is 1. The Bertz CT molecular complexity index is 1050. The number of hydrogen-bond donors (Lipinski definition) is 1. The van der Waals surface area contributed by atoms with Crippen LogP contribution < -0.4 is 5.56 Å². The molecule has 2 heterocycles. The molecule has 3 rings (SSSR count). The Labute approximate surface area is 154 Å². The van der Waals surface area contributed by atoms with Crippen LogP contribution in [0.1, 0.15) is 31.9 Å². The molecule has 0 spiro atoms. The third-order valence-electron chi connectivity index (χ3n) is 4.24. The van der Waals surface area contributed by atoms with Gasteiger partial charge in [-0.1, -0.05) is 36.4 Å². The average molecular weight is 364 g/mol. The Kier molecular flexibility index (Phi) is 5.01. The Hall–Kier alpha value is -3.17. The molecule has 0 atom stereocenters. The number of rotatable bonds is 5. The maximum absolute atomic E-state index is 12.8. The fourth-order valence-electron chi connectivity index (χ4n) is 2.85. The summed E-state index contributed by atoms with van der Waals surface area (Å²) < 4.78 is 1.11. The van der Waals surface area contributed by atoms with Crippen LogP contribution in [-0.2, 0) is 13.0 Å². The Morgan fingerprint density at radius 1 is 1.23 bits per heavy atom. The Balaban J connectivity index is 2.10. The molecule has 0 saturated carbocycles. The molecular weight excluding hydrogens is 348 g/mol. The number of nitriles is 1. The van der Waals surface area contributed by atoms with Gasteiger partial charge in [-0.2, -0.15) is 5.26 Å². The lowest BCUT2D eigenvalue weighted by Gasteiger charge is -2.15. The van der Waals surface area contributed by atoms with Crippen LogP contribution in [0.5, 0.6) is 5.88 Å².